The van der Waals surface area contributed by atoms with Crippen LogP contribution in [-0.4, -0.2) is 19.6 Å². The maximum Gasteiger partial charge on any atom is 0.205 e. The van der Waals surface area contributed by atoms with Gasteiger partial charge in [-0.2, -0.15) is 0 Å². The highest BCUT2D eigenvalue weighted by Crippen LogP contribution is 2.06. The third-order valence-corrected chi connectivity index (χ3v) is 2.09. The molecule has 0 heterocycles. The lowest BCUT2D eigenvalue weighted by molar-refractivity contribution is 0.414. The van der Waals surface area contributed by atoms with Crippen molar-refractivity contribution < 1.29 is 0 Å². The summed E-state index contributed by atoms with van der Waals surface area (Å²) < 4.78 is 0. The molecule has 0 aromatic rings. The highest BCUT2D eigenvalue weighted by molar-refractivity contribution is 5.78. The van der Waals surface area contributed by atoms with Gasteiger partial charge in [-0.05, 0) is 11.8 Å². The van der Waals surface area contributed by atoms with Crippen molar-refractivity contribution in [1.82, 2.24) is 10.7 Å². The Bertz CT molecular complexity index is 142. The quantitative estimate of drug-likeness (QED) is 0.249. The van der Waals surface area contributed by atoms with Gasteiger partial charge >= 0.3 is 0 Å². The molecular formula is C8H20N4. The minimum absolute atomic E-state index is 0.620. The molecule has 12 heavy (non-hydrogen) atoms. The first kappa shape index (κ1) is 11.2. The van der Waals surface area contributed by atoms with Crippen molar-refractivity contribution in [2.75, 3.05) is 13.6 Å². The van der Waals surface area contributed by atoms with Gasteiger partial charge in [-0.3, -0.25) is 10.4 Å². The number of rotatable bonds is 3. The SMILES string of the molecule is CN=C(NN)NCC(C)C(C)C. The standard InChI is InChI=1S/C8H20N4/c1-6(2)7(3)5-11-8(10-4)12-9/h6-7H,5,9H2,1-4H3,(H2,10,11,12). The van der Waals surface area contributed by atoms with Crippen molar-refractivity contribution >= 4 is 5.96 Å². The molecule has 0 saturated heterocycles. The van der Waals surface area contributed by atoms with Crippen LogP contribution in [0.5, 0.6) is 0 Å². The van der Waals surface area contributed by atoms with Gasteiger partial charge < -0.3 is 5.32 Å². The summed E-state index contributed by atoms with van der Waals surface area (Å²) in [6.45, 7) is 7.49. The fourth-order valence-corrected chi connectivity index (χ4v) is 0.688. The lowest BCUT2D eigenvalue weighted by Gasteiger charge is -2.17. The van der Waals surface area contributed by atoms with Gasteiger partial charge in [-0.25, -0.2) is 5.84 Å². The maximum atomic E-state index is 5.20. The summed E-state index contributed by atoms with van der Waals surface area (Å²) in [5, 5.41) is 3.11. The number of aliphatic imine (C=N–C) groups is 1. The van der Waals surface area contributed by atoms with Crippen LogP contribution in [0, 0.1) is 11.8 Å². The molecule has 0 fully saturated rings. The topological polar surface area (TPSA) is 62.4 Å². The van der Waals surface area contributed by atoms with E-state index in [1.165, 1.54) is 0 Å². The second kappa shape index (κ2) is 5.83. The number of hydrazine groups is 1. The zero-order valence-corrected chi connectivity index (χ0v) is 8.39. The van der Waals surface area contributed by atoms with E-state index in [9.17, 15) is 0 Å². The molecule has 72 valence electrons. The van der Waals surface area contributed by atoms with Crippen molar-refractivity contribution in [3.05, 3.63) is 0 Å². The Kier molecular flexibility index (Phi) is 5.45. The second-order valence-electron chi connectivity index (χ2n) is 3.32. The molecule has 1 atom stereocenters. The van der Waals surface area contributed by atoms with E-state index in [4.69, 9.17) is 5.84 Å². The molecule has 4 heteroatoms. The largest absolute Gasteiger partial charge is 0.355 e. The van der Waals surface area contributed by atoms with E-state index in [-0.39, 0.29) is 0 Å². The normalized spacial score (nSPS) is 14.7. The predicted molar refractivity (Wildman–Crippen MR) is 52.7 cm³/mol. The Morgan fingerprint density at radius 1 is 1.42 bits per heavy atom. The number of nitrogens with one attached hydrogen (secondary N) is 2. The number of hydrogen-bond acceptors (Lipinski definition) is 2. The Morgan fingerprint density at radius 2 is 2.00 bits per heavy atom. The smallest absolute Gasteiger partial charge is 0.205 e. The first-order valence-electron chi connectivity index (χ1n) is 4.29. The van der Waals surface area contributed by atoms with Crippen LogP contribution in [0.2, 0.25) is 0 Å². The minimum atomic E-state index is 0.620. The molecule has 0 aromatic carbocycles. The van der Waals surface area contributed by atoms with Gasteiger partial charge in [0.1, 0.15) is 0 Å². The van der Waals surface area contributed by atoms with Crippen LogP contribution in [0.3, 0.4) is 0 Å². The van der Waals surface area contributed by atoms with Crippen LogP contribution < -0.4 is 16.6 Å². The van der Waals surface area contributed by atoms with Crippen molar-refractivity contribution in [3.8, 4) is 0 Å². The summed E-state index contributed by atoms with van der Waals surface area (Å²) in [7, 11) is 1.70. The van der Waals surface area contributed by atoms with Gasteiger partial charge in [0.25, 0.3) is 0 Å². The van der Waals surface area contributed by atoms with Crippen molar-refractivity contribution in [2.24, 2.45) is 22.7 Å². The molecule has 0 aliphatic carbocycles. The van der Waals surface area contributed by atoms with Gasteiger partial charge in [0.15, 0.2) is 0 Å². The molecule has 0 rings (SSSR count). The van der Waals surface area contributed by atoms with E-state index in [1.807, 2.05) is 0 Å². The Labute approximate surface area is 74.6 Å². The van der Waals surface area contributed by atoms with Crippen molar-refractivity contribution in [2.45, 2.75) is 20.8 Å². The molecule has 0 aromatic heterocycles. The molecule has 0 radical (unpaired) electrons. The maximum absolute atomic E-state index is 5.20. The Balaban J connectivity index is 3.67. The van der Waals surface area contributed by atoms with Crippen LogP contribution in [-0.2, 0) is 0 Å². The predicted octanol–water partition coefficient (Wildman–Crippen LogP) is 0.317. The van der Waals surface area contributed by atoms with E-state index in [1.54, 1.807) is 7.05 Å². The van der Waals surface area contributed by atoms with Gasteiger partial charge in [0.2, 0.25) is 5.96 Å². The summed E-state index contributed by atoms with van der Waals surface area (Å²) in [6.07, 6.45) is 0. The first-order chi connectivity index (χ1) is 5.61. The molecule has 0 spiro atoms. The Morgan fingerprint density at radius 3 is 2.33 bits per heavy atom. The molecule has 0 saturated carbocycles. The average molecular weight is 172 g/mol. The lowest BCUT2D eigenvalue weighted by atomic mass is 9.98. The zero-order valence-electron chi connectivity index (χ0n) is 8.39. The molecule has 4 nitrogen and oxygen atoms in total. The van der Waals surface area contributed by atoms with Gasteiger partial charge in [-0.1, -0.05) is 20.8 Å². The molecular weight excluding hydrogens is 152 g/mol. The van der Waals surface area contributed by atoms with Crippen LogP contribution in [0.15, 0.2) is 4.99 Å². The third kappa shape index (κ3) is 4.18. The van der Waals surface area contributed by atoms with E-state index in [0.717, 1.165) is 6.54 Å². The van der Waals surface area contributed by atoms with E-state index < -0.39 is 0 Å². The molecule has 1 unspecified atom stereocenters. The lowest BCUT2D eigenvalue weighted by Crippen LogP contribution is -2.43. The van der Waals surface area contributed by atoms with E-state index in [2.05, 4.69) is 36.5 Å². The third-order valence-electron chi connectivity index (χ3n) is 2.09. The second-order valence-corrected chi connectivity index (χ2v) is 3.32. The van der Waals surface area contributed by atoms with Crippen LogP contribution >= 0.6 is 0 Å². The molecule has 0 aliphatic rings. The highest BCUT2D eigenvalue weighted by atomic mass is 15.3. The number of nitrogens with zero attached hydrogens (tertiary/aromatic N) is 1. The van der Waals surface area contributed by atoms with Crippen molar-refractivity contribution in [3.63, 3.8) is 0 Å². The summed E-state index contributed by atoms with van der Waals surface area (Å²) in [4.78, 5) is 3.91. The fourth-order valence-electron chi connectivity index (χ4n) is 0.688. The molecule has 0 bridgehead atoms. The van der Waals surface area contributed by atoms with E-state index >= 15 is 0 Å². The van der Waals surface area contributed by atoms with E-state index in [0.29, 0.717) is 17.8 Å². The van der Waals surface area contributed by atoms with Crippen molar-refractivity contribution in [1.29, 1.82) is 0 Å². The number of guanidine groups is 1. The van der Waals surface area contributed by atoms with Crippen LogP contribution in [0.25, 0.3) is 0 Å². The highest BCUT2D eigenvalue weighted by Gasteiger charge is 2.06. The average Bonchev–Trinajstić information content (AvgIpc) is 2.05. The van der Waals surface area contributed by atoms with Crippen LogP contribution in [0.4, 0.5) is 0 Å². The summed E-state index contributed by atoms with van der Waals surface area (Å²) >= 11 is 0. The monoisotopic (exact) mass is 172 g/mol. The van der Waals surface area contributed by atoms with Gasteiger partial charge in [0, 0.05) is 13.6 Å². The summed E-state index contributed by atoms with van der Waals surface area (Å²) in [6, 6.07) is 0. The Hall–Kier alpha value is -0.770. The van der Waals surface area contributed by atoms with Gasteiger partial charge in [-0.15, -0.1) is 0 Å². The summed E-state index contributed by atoms with van der Waals surface area (Å²) in [5.41, 5.74) is 2.48. The zero-order chi connectivity index (χ0) is 9.56. The molecule has 0 aliphatic heterocycles. The number of hydrogen-bond donors (Lipinski definition) is 3. The minimum Gasteiger partial charge on any atom is -0.355 e. The molecule has 0 amide bonds. The summed E-state index contributed by atoms with van der Waals surface area (Å²) in [5.74, 6) is 7.14. The fraction of sp³-hybridized carbons (Fsp3) is 0.875. The first-order valence-corrected chi connectivity index (χ1v) is 4.29. The van der Waals surface area contributed by atoms with Crippen LogP contribution in [0.1, 0.15) is 20.8 Å². The molecule has 4 N–H and O–H groups in total. The number of nitrogens with two attached hydrogens (primary N) is 1. The van der Waals surface area contributed by atoms with Gasteiger partial charge in [0.05, 0.1) is 0 Å².